The first kappa shape index (κ1) is 14.8. The van der Waals surface area contributed by atoms with Crippen molar-refractivity contribution in [3.05, 3.63) is 94.5 Å². The fraction of sp³-hybridized carbons (Fsp3) is 0.150. The van der Waals surface area contributed by atoms with E-state index < -0.39 is 0 Å². The van der Waals surface area contributed by atoms with Crippen molar-refractivity contribution in [1.29, 1.82) is 5.26 Å². The molecule has 1 atom stereocenters. The Kier molecular flexibility index (Phi) is 4.27. The Labute approximate surface area is 139 Å². The summed E-state index contributed by atoms with van der Waals surface area (Å²) in [6.45, 7) is 0. The number of benzene rings is 2. The van der Waals surface area contributed by atoms with E-state index in [1.165, 1.54) is 11.1 Å². The Bertz CT molecular complexity index is 699. The maximum absolute atomic E-state index is 9.29. The number of allylic oxidation sites excluding steroid dienone is 4. The SMILES string of the molecule is N#CCC1C=CC(Br)=CC1(c1ccccc1)c1ccccc1. The Balaban J connectivity index is 2.27. The van der Waals surface area contributed by atoms with E-state index in [1.54, 1.807) is 0 Å². The van der Waals surface area contributed by atoms with Crippen molar-refractivity contribution in [3.63, 3.8) is 0 Å². The third kappa shape index (κ3) is 2.53. The van der Waals surface area contributed by atoms with Crippen molar-refractivity contribution < 1.29 is 0 Å². The van der Waals surface area contributed by atoms with Gasteiger partial charge in [-0.1, -0.05) is 94.8 Å². The molecule has 1 aliphatic carbocycles. The second-order valence-electron chi connectivity index (χ2n) is 5.46. The van der Waals surface area contributed by atoms with Gasteiger partial charge in [0, 0.05) is 22.2 Å². The number of hydrogen-bond donors (Lipinski definition) is 0. The molecule has 0 aromatic heterocycles. The minimum absolute atomic E-state index is 0.114. The van der Waals surface area contributed by atoms with E-state index in [4.69, 9.17) is 0 Å². The lowest BCUT2D eigenvalue weighted by Gasteiger charge is -2.39. The molecule has 0 N–H and O–H groups in total. The standard InChI is InChI=1S/C20H16BrN/c21-19-12-11-18(13-14-22)20(15-19,16-7-3-1-4-8-16)17-9-5-2-6-10-17/h1-12,15,18H,13H2. The summed E-state index contributed by atoms with van der Waals surface area (Å²) >= 11 is 3.63. The highest BCUT2D eigenvalue weighted by molar-refractivity contribution is 9.11. The van der Waals surface area contributed by atoms with Crippen LogP contribution in [0.15, 0.2) is 83.4 Å². The lowest BCUT2D eigenvalue weighted by Crippen LogP contribution is -2.35. The van der Waals surface area contributed by atoms with Crippen molar-refractivity contribution in [2.75, 3.05) is 0 Å². The molecule has 0 bridgehead atoms. The van der Waals surface area contributed by atoms with Gasteiger partial charge in [-0.25, -0.2) is 0 Å². The fourth-order valence-corrected chi connectivity index (χ4v) is 3.76. The molecular weight excluding hydrogens is 334 g/mol. The molecule has 3 rings (SSSR count). The van der Waals surface area contributed by atoms with Crippen LogP contribution in [0.1, 0.15) is 17.5 Å². The number of rotatable bonds is 3. The van der Waals surface area contributed by atoms with Gasteiger partial charge in [0.1, 0.15) is 0 Å². The van der Waals surface area contributed by atoms with Crippen LogP contribution in [0.4, 0.5) is 0 Å². The largest absolute Gasteiger partial charge is 0.198 e. The van der Waals surface area contributed by atoms with Crippen LogP contribution in [-0.4, -0.2) is 0 Å². The summed E-state index contributed by atoms with van der Waals surface area (Å²) in [6.07, 6.45) is 6.91. The van der Waals surface area contributed by atoms with E-state index in [0.29, 0.717) is 6.42 Å². The van der Waals surface area contributed by atoms with Crippen molar-refractivity contribution in [1.82, 2.24) is 0 Å². The second-order valence-corrected chi connectivity index (χ2v) is 6.37. The molecule has 0 heterocycles. The van der Waals surface area contributed by atoms with Gasteiger partial charge < -0.3 is 0 Å². The molecule has 0 fully saturated rings. The molecule has 0 saturated carbocycles. The van der Waals surface area contributed by atoms with E-state index >= 15 is 0 Å². The Morgan fingerprint density at radius 3 is 2.00 bits per heavy atom. The molecule has 0 amide bonds. The van der Waals surface area contributed by atoms with Crippen molar-refractivity contribution in [2.45, 2.75) is 11.8 Å². The predicted octanol–water partition coefficient (Wildman–Crippen LogP) is 5.35. The maximum atomic E-state index is 9.29. The minimum Gasteiger partial charge on any atom is -0.198 e. The molecule has 0 radical (unpaired) electrons. The van der Waals surface area contributed by atoms with Crippen LogP contribution in [0.5, 0.6) is 0 Å². The van der Waals surface area contributed by atoms with Crippen LogP contribution >= 0.6 is 15.9 Å². The van der Waals surface area contributed by atoms with E-state index in [1.807, 2.05) is 18.2 Å². The molecular formula is C20H16BrN. The molecule has 0 aliphatic heterocycles. The summed E-state index contributed by atoms with van der Waals surface area (Å²) in [6, 6.07) is 23.2. The summed E-state index contributed by atoms with van der Waals surface area (Å²) in [4.78, 5) is 0. The normalized spacial score (nSPS) is 19.3. The summed E-state index contributed by atoms with van der Waals surface area (Å²) < 4.78 is 1.05. The van der Waals surface area contributed by atoms with Gasteiger partial charge in [-0.15, -0.1) is 0 Å². The van der Waals surface area contributed by atoms with E-state index in [-0.39, 0.29) is 11.3 Å². The van der Waals surface area contributed by atoms with Crippen LogP contribution in [0.2, 0.25) is 0 Å². The summed E-state index contributed by atoms with van der Waals surface area (Å²) in [7, 11) is 0. The minimum atomic E-state index is -0.314. The summed E-state index contributed by atoms with van der Waals surface area (Å²) in [5.41, 5.74) is 2.11. The highest BCUT2D eigenvalue weighted by atomic mass is 79.9. The van der Waals surface area contributed by atoms with Gasteiger partial charge in [-0.3, -0.25) is 0 Å². The highest BCUT2D eigenvalue weighted by Crippen LogP contribution is 2.46. The van der Waals surface area contributed by atoms with Crippen LogP contribution in [0.3, 0.4) is 0 Å². The third-order valence-corrected chi connectivity index (χ3v) is 4.75. The first-order valence-corrected chi connectivity index (χ1v) is 8.11. The number of nitrogens with zero attached hydrogens (tertiary/aromatic N) is 1. The highest BCUT2D eigenvalue weighted by Gasteiger charge is 2.40. The molecule has 2 aromatic carbocycles. The third-order valence-electron chi connectivity index (χ3n) is 4.25. The monoisotopic (exact) mass is 349 g/mol. The van der Waals surface area contributed by atoms with E-state index in [2.05, 4.69) is 82.7 Å². The lowest BCUT2D eigenvalue weighted by molar-refractivity contribution is 0.464. The first-order chi connectivity index (χ1) is 10.8. The fourth-order valence-electron chi connectivity index (χ4n) is 3.25. The molecule has 0 saturated heterocycles. The number of halogens is 1. The van der Waals surface area contributed by atoms with Gasteiger partial charge in [0.25, 0.3) is 0 Å². The van der Waals surface area contributed by atoms with Crippen LogP contribution in [0.25, 0.3) is 0 Å². The molecule has 108 valence electrons. The number of hydrogen-bond acceptors (Lipinski definition) is 1. The Morgan fingerprint density at radius 1 is 0.955 bits per heavy atom. The zero-order chi connectivity index (χ0) is 15.4. The maximum Gasteiger partial charge on any atom is 0.0628 e. The Morgan fingerprint density at radius 2 is 1.50 bits per heavy atom. The molecule has 0 spiro atoms. The molecule has 1 unspecified atom stereocenters. The van der Waals surface area contributed by atoms with Crippen LogP contribution in [0, 0.1) is 17.2 Å². The lowest BCUT2D eigenvalue weighted by atomic mass is 9.63. The first-order valence-electron chi connectivity index (χ1n) is 7.32. The van der Waals surface area contributed by atoms with Crippen molar-refractivity contribution in [2.24, 2.45) is 5.92 Å². The van der Waals surface area contributed by atoms with Gasteiger partial charge in [-0.05, 0) is 11.1 Å². The molecule has 22 heavy (non-hydrogen) atoms. The molecule has 1 aliphatic rings. The topological polar surface area (TPSA) is 23.8 Å². The van der Waals surface area contributed by atoms with Gasteiger partial charge >= 0.3 is 0 Å². The van der Waals surface area contributed by atoms with E-state index in [9.17, 15) is 5.26 Å². The van der Waals surface area contributed by atoms with Gasteiger partial charge in [0.05, 0.1) is 6.07 Å². The smallest absolute Gasteiger partial charge is 0.0628 e. The quantitative estimate of drug-likeness (QED) is 0.732. The van der Waals surface area contributed by atoms with Crippen molar-refractivity contribution in [3.8, 4) is 6.07 Å². The molecule has 2 heteroatoms. The van der Waals surface area contributed by atoms with Crippen molar-refractivity contribution >= 4 is 15.9 Å². The van der Waals surface area contributed by atoms with Gasteiger partial charge in [-0.2, -0.15) is 5.26 Å². The van der Waals surface area contributed by atoms with Gasteiger partial charge in [0.2, 0.25) is 0 Å². The predicted molar refractivity (Wildman–Crippen MR) is 93.5 cm³/mol. The zero-order valence-corrected chi connectivity index (χ0v) is 13.7. The van der Waals surface area contributed by atoms with Crippen LogP contribution in [-0.2, 0) is 5.41 Å². The zero-order valence-electron chi connectivity index (χ0n) is 12.1. The molecule has 2 aromatic rings. The molecule has 1 nitrogen and oxygen atoms in total. The number of nitriles is 1. The van der Waals surface area contributed by atoms with E-state index in [0.717, 1.165) is 4.48 Å². The summed E-state index contributed by atoms with van der Waals surface area (Å²) in [5.74, 6) is 0.114. The summed E-state index contributed by atoms with van der Waals surface area (Å²) in [5, 5.41) is 9.29. The Hall–Kier alpha value is -2.11. The second kappa shape index (κ2) is 6.34. The van der Waals surface area contributed by atoms with Crippen LogP contribution < -0.4 is 0 Å². The van der Waals surface area contributed by atoms with Gasteiger partial charge in [0.15, 0.2) is 0 Å². The average Bonchev–Trinajstić information content (AvgIpc) is 2.58. The average molecular weight is 350 g/mol.